The van der Waals surface area contributed by atoms with Crippen molar-refractivity contribution < 1.29 is 14.3 Å². The molecule has 4 rings (SSSR count). The molecule has 1 saturated heterocycles. The Labute approximate surface area is 146 Å². The standard InChI is InChI=1S/C18H22N4O3/c1-11(2)16-19-17(21-20-16)15-10-22(7-8-24-15)18(23)14-9-12-5-3-4-6-13(12)25-14/h3-6,11,14-15H,7-10H2,1-2H3,(H,19,20,21)/t14-,15-/m0/s1. The SMILES string of the molecule is CC(C)c1n[nH]c([C@@H]2CN(C(=O)[C@@H]3Cc4ccccc4O3)CCO2)n1. The fourth-order valence-electron chi connectivity index (χ4n) is 3.23. The van der Waals surface area contributed by atoms with Crippen molar-refractivity contribution in [2.45, 2.75) is 38.4 Å². The third-order valence-electron chi connectivity index (χ3n) is 4.64. The molecule has 25 heavy (non-hydrogen) atoms. The highest BCUT2D eigenvalue weighted by Gasteiger charge is 2.35. The van der Waals surface area contributed by atoms with E-state index in [1.165, 1.54) is 0 Å². The molecule has 2 aliphatic rings. The summed E-state index contributed by atoms with van der Waals surface area (Å²) < 4.78 is 11.6. The van der Waals surface area contributed by atoms with Gasteiger partial charge < -0.3 is 14.4 Å². The van der Waals surface area contributed by atoms with Gasteiger partial charge >= 0.3 is 0 Å². The summed E-state index contributed by atoms with van der Waals surface area (Å²) >= 11 is 0. The number of morpholine rings is 1. The number of ether oxygens (including phenoxy) is 2. The van der Waals surface area contributed by atoms with Crippen molar-refractivity contribution in [1.82, 2.24) is 20.1 Å². The average Bonchev–Trinajstić information content (AvgIpc) is 3.28. The molecule has 0 bridgehead atoms. The van der Waals surface area contributed by atoms with Gasteiger partial charge in [0.2, 0.25) is 0 Å². The number of carbonyl (C=O) groups is 1. The Bertz CT molecular complexity index is 748. The lowest BCUT2D eigenvalue weighted by Crippen LogP contribution is -2.48. The van der Waals surface area contributed by atoms with Crippen LogP contribution in [0.2, 0.25) is 0 Å². The Balaban J connectivity index is 1.43. The Morgan fingerprint density at radius 1 is 1.36 bits per heavy atom. The van der Waals surface area contributed by atoms with Crippen LogP contribution in [-0.2, 0) is 16.0 Å². The summed E-state index contributed by atoms with van der Waals surface area (Å²) in [6.45, 7) is 5.59. The second-order valence-corrected chi connectivity index (χ2v) is 6.80. The molecule has 0 saturated carbocycles. The lowest BCUT2D eigenvalue weighted by molar-refractivity contribution is -0.146. The summed E-state index contributed by atoms with van der Waals surface area (Å²) in [6, 6.07) is 7.81. The summed E-state index contributed by atoms with van der Waals surface area (Å²) in [5.41, 5.74) is 1.09. The number of amides is 1. The second kappa shape index (κ2) is 6.48. The van der Waals surface area contributed by atoms with Gasteiger partial charge in [-0.3, -0.25) is 9.89 Å². The topological polar surface area (TPSA) is 80.3 Å². The zero-order valence-electron chi connectivity index (χ0n) is 14.4. The van der Waals surface area contributed by atoms with E-state index >= 15 is 0 Å². The van der Waals surface area contributed by atoms with Gasteiger partial charge in [-0.15, -0.1) is 0 Å². The molecule has 7 nitrogen and oxygen atoms in total. The summed E-state index contributed by atoms with van der Waals surface area (Å²) in [5, 5.41) is 7.17. The van der Waals surface area contributed by atoms with E-state index in [2.05, 4.69) is 15.2 Å². The van der Waals surface area contributed by atoms with Crippen molar-refractivity contribution >= 4 is 5.91 Å². The number of nitrogens with one attached hydrogen (secondary N) is 1. The van der Waals surface area contributed by atoms with Crippen molar-refractivity contribution in [2.24, 2.45) is 0 Å². The van der Waals surface area contributed by atoms with E-state index in [9.17, 15) is 4.79 Å². The van der Waals surface area contributed by atoms with Gasteiger partial charge in [0.1, 0.15) is 11.9 Å². The first-order chi connectivity index (χ1) is 12.1. The maximum absolute atomic E-state index is 12.9. The summed E-state index contributed by atoms with van der Waals surface area (Å²) in [7, 11) is 0. The first-order valence-corrected chi connectivity index (χ1v) is 8.69. The van der Waals surface area contributed by atoms with E-state index < -0.39 is 6.10 Å². The quantitative estimate of drug-likeness (QED) is 0.920. The van der Waals surface area contributed by atoms with Gasteiger partial charge in [0.15, 0.2) is 17.8 Å². The van der Waals surface area contributed by atoms with Crippen LogP contribution >= 0.6 is 0 Å². The van der Waals surface area contributed by atoms with E-state index in [0.717, 1.165) is 17.1 Å². The molecule has 1 aromatic heterocycles. The van der Waals surface area contributed by atoms with Crippen molar-refractivity contribution in [3.05, 3.63) is 41.5 Å². The summed E-state index contributed by atoms with van der Waals surface area (Å²) in [6.07, 6.45) is -0.102. The molecule has 3 heterocycles. The van der Waals surface area contributed by atoms with Crippen LogP contribution in [0.15, 0.2) is 24.3 Å². The molecule has 7 heteroatoms. The number of aromatic amines is 1. The minimum Gasteiger partial charge on any atom is -0.480 e. The van der Waals surface area contributed by atoms with Gasteiger partial charge in [0, 0.05) is 18.9 Å². The minimum atomic E-state index is -0.447. The molecule has 0 radical (unpaired) electrons. The Hall–Kier alpha value is -2.41. The van der Waals surface area contributed by atoms with Gasteiger partial charge in [0.05, 0.1) is 13.2 Å². The lowest BCUT2D eigenvalue weighted by Gasteiger charge is -2.33. The summed E-state index contributed by atoms with van der Waals surface area (Å²) in [5.74, 6) is 2.50. The first-order valence-electron chi connectivity index (χ1n) is 8.69. The Kier molecular flexibility index (Phi) is 4.17. The van der Waals surface area contributed by atoms with E-state index in [1.54, 1.807) is 0 Å². The number of hydrogen-bond donors (Lipinski definition) is 1. The first kappa shape index (κ1) is 16.1. The van der Waals surface area contributed by atoms with Gasteiger partial charge in [-0.2, -0.15) is 5.10 Å². The van der Waals surface area contributed by atoms with Crippen molar-refractivity contribution in [3.8, 4) is 5.75 Å². The molecule has 1 aromatic carbocycles. The van der Waals surface area contributed by atoms with Crippen LogP contribution in [-0.4, -0.2) is 51.8 Å². The highest BCUT2D eigenvalue weighted by molar-refractivity contribution is 5.82. The maximum Gasteiger partial charge on any atom is 0.264 e. The maximum atomic E-state index is 12.9. The monoisotopic (exact) mass is 342 g/mol. The average molecular weight is 342 g/mol. The molecule has 0 aliphatic carbocycles. The van der Waals surface area contributed by atoms with E-state index in [-0.39, 0.29) is 17.9 Å². The van der Waals surface area contributed by atoms with Crippen molar-refractivity contribution in [2.75, 3.05) is 19.7 Å². The smallest absolute Gasteiger partial charge is 0.264 e. The molecule has 2 atom stereocenters. The lowest BCUT2D eigenvalue weighted by atomic mass is 10.1. The van der Waals surface area contributed by atoms with E-state index in [4.69, 9.17) is 9.47 Å². The molecule has 132 valence electrons. The van der Waals surface area contributed by atoms with E-state index in [0.29, 0.717) is 31.9 Å². The number of benzene rings is 1. The highest BCUT2D eigenvalue weighted by Crippen LogP contribution is 2.30. The second-order valence-electron chi connectivity index (χ2n) is 6.80. The number of rotatable bonds is 3. The van der Waals surface area contributed by atoms with E-state index in [1.807, 2.05) is 43.0 Å². The van der Waals surface area contributed by atoms with Crippen molar-refractivity contribution in [1.29, 1.82) is 0 Å². The predicted octanol–water partition coefficient (Wildman–Crippen LogP) is 1.83. The summed E-state index contributed by atoms with van der Waals surface area (Å²) in [4.78, 5) is 19.2. The number of fused-ring (bicyclic) bond motifs is 1. The van der Waals surface area contributed by atoms with Crippen LogP contribution in [0, 0.1) is 0 Å². The molecular formula is C18H22N4O3. The van der Waals surface area contributed by atoms with Crippen LogP contribution in [0.3, 0.4) is 0 Å². The fraction of sp³-hybridized carbons (Fsp3) is 0.500. The number of nitrogens with zero attached hydrogens (tertiary/aromatic N) is 3. The number of carbonyl (C=O) groups excluding carboxylic acids is 1. The van der Waals surface area contributed by atoms with Gasteiger partial charge in [0.25, 0.3) is 5.91 Å². The van der Waals surface area contributed by atoms with Gasteiger partial charge in [-0.05, 0) is 11.6 Å². The molecule has 2 aliphatic heterocycles. The molecule has 0 spiro atoms. The van der Waals surface area contributed by atoms with Crippen molar-refractivity contribution in [3.63, 3.8) is 0 Å². The van der Waals surface area contributed by atoms with Crippen LogP contribution in [0.25, 0.3) is 0 Å². The van der Waals surface area contributed by atoms with Gasteiger partial charge in [-0.25, -0.2) is 4.98 Å². The largest absolute Gasteiger partial charge is 0.480 e. The molecule has 0 unspecified atom stereocenters. The third kappa shape index (κ3) is 3.11. The zero-order chi connectivity index (χ0) is 17.4. The highest BCUT2D eigenvalue weighted by atomic mass is 16.5. The molecule has 1 amide bonds. The molecule has 1 N–H and O–H groups in total. The Morgan fingerprint density at radius 2 is 2.20 bits per heavy atom. The van der Waals surface area contributed by atoms with Gasteiger partial charge in [-0.1, -0.05) is 32.0 Å². The minimum absolute atomic E-state index is 0.00750. The van der Waals surface area contributed by atoms with Crippen LogP contribution in [0.5, 0.6) is 5.75 Å². The van der Waals surface area contributed by atoms with Crippen LogP contribution < -0.4 is 4.74 Å². The number of aromatic nitrogens is 3. The normalized spacial score (nSPS) is 22.8. The molecule has 1 fully saturated rings. The Morgan fingerprint density at radius 3 is 2.96 bits per heavy atom. The number of para-hydroxylation sites is 1. The fourth-order valence-corrected chi connectivity index (χ4v) is 3.23. The molecule has 2 aromatic rings. The van der Waals surface area contributed by atoms with Crippen LogP contribution in [0.4, 0.5) is 0 Å². The molecular weight excluding hydrogens is 320 g/mol. The number of hydrogen-bond acceptors (Lipinski definition) is 5. The van der Waals surface area contributed by atoms with Crippen LogP contribution in [0.1, 0.15) is 43.1 Å². The third-order valence-corrected chi connectivity index (χ3v) is 4.64. The number of H-pyrrole nitrogens is 1. The predicted molar refractivity (Wildman–Crippen MR) is 90.3 cm³/mol. The zero-order valence-corrected chi connectivity index (χ0v) is 14.4.